The third-order valence-electron chi connectivity index (χ3n) is 4.66. The molecule has 0 saturated carbocycles. The Balaban J connectivity index is 1.53. The van der Waals surface area contributed by atoms with Crippen LogP contribution in [0.2, 0.25) is 0 Å². The lowest BCUT2D eigenvalue weighted by molar-refractivity contribution is 0.0925. The summed E-state index contributed by atoms with van der Waals surface area (Å²) in [6.45, 7) is 0.412. The van der Waals surface area contributed by atoms with E-state index in [1.165, 1.54) is 0 Å². The number of carbonyl (C=O) groups excluding carboxylic acids is 1. The van der Waals surface area contributed by atoms with Crippen molar-refractivity contribution in [2.24, 2.45) is 0 Å². The molecule has 1 atom stereocenters. The van der Waals surface area contributed by atoms with E-state index < -0.39 is 10.8 Å². The monoisotopic (exact) mass is 443 g/mol. The van der Waals surface area contributed by atoms with Gasteiger partial charge in [-0.1, -0.05) is 6.07 Å². The Kier molecular flexibility index (Phi) is 7.72. The maximum absolute atomic E-state index is 12.5. The van der Waals surface area contributed by atoms with Gasteiger partial charge in [0.25, 0.3) is 5.91 Å². The summed E-state index contributed by atoms with van der Waals surface area (Å²) in [4.78, 5) is 13.0. The smallest absolute Gasteiger partial charge is 0.287 e. The van der Waals surface area contributed by atoms with Gasteiger partial charge in [-0.15, -0.1) is 0 Å². The molecule has 0 aliphatic rings. The Hall–Kier alpha value is -3.26. The van der Waals surface area contributed by atoms with Crippen LogP contribution in [0.15, 0.2) is 63.9 Å². The molecule has 0 spiro atoms. The van der Waals surface area contributed by atoms with Crippen LogP contribution in [-0.2, 0) is 23.0 Å². The summed E-state index contributed by atoms with van der Waals surface area (Å²) in [5, 5.41) is 2.83. The first-order valence-corrected chi connectivity index (χ1v) is 11.0. The number of carbonyl (C=O) groups is 1. The van der Waals surface area contributed by atoms with Crippen molar-refractivity contribution < 1.29 is 27.6 Å². The van der Waals surface area contributed by atoms with E-state index in [0.717, 1.165) is 5.56 Å². The average Bonchev–Trinajstić information content (AvgIpc) is 3.27. The van der Waals surface area contributed by atoms with E-state index in [1.807, 2.05) is 12.1 Å². The first kappa shape index (κ1) is 22.4. The van der Waals surface area contributed by atoms with Gasteiger partial charge in [-0.2, -0.15) is 0 Å². The van der Waals surface area contributed by atoms with Gasteiger partial charge in [0.1, 0.15) is 23.0 Å². The van der Waals surface area contributed by atoms with Crippen LogP contribution in [0.1, 0.15) is 21.9 Å². The van der Waals surface area contributed by atoms with Gasteiger partial charge in [0, 0.05) is 17.5 Å². The van der Waals surface area contributed by atoms with Crippen LogP contribution >= 0.6 is 0 Å². The molecule has 0 aliphatic heterocycles. The molecule has 8 heteroatoms. The number of hydrogen-bond acceptors (Lipinski definition) is 6. The lowest BCUT2D eigenvalue weighted by Crippen LogP contribution is -2.25. The molecule has 1 amide bonds. The highest BCUT2D eigenvalue weighted by Gasteiger charge is 2.14. The number of benzene rings is 2. The molecule has 0 radical (unpaired) electrons. The quantitative estimate of drug-likeness (QED) is 0.515. The molecule has 3 rings (SSSR count). The Bertz CT molecular complexity index is 1040. The van der Waals surface area contributed by atoms with Gasteiger partial charge in [0.2, 0.25) is 0 Å². The van der Waals surface area contributed by atoms with Crippen LogP contribution in [0.5, 0.6) is 17.2 Å². The minimum Gasteiger partial charge on any atom is -0.497 e. The van der Waals surface area contributed by atoms with Crippen LogP contribution < -0.4 is 19.5 Å². The number of nitrogens with one attached hydrogen (secondary N) is 1. The van der Waals surface area contributed by atoms with Crippen LogP contribution in [0.3, 0.4) is 0 Å². The van der Waals surface area contributed by atoms with Crippen molar-refractivity contribution in [2.45, 2.75) is 17.1 Å². The van der Waals surface area contributed by atoms with Gasteiger partial charge in [-0.05, 0) is 54.4 Å². The highest BCUT2D eigenvalue weighted by molar-refractivity contribution is 7.84. The van der Waals surface area contributed by atoms with E-state index in [1.54, 1.807) is 63.8 Å². The fourth-order valence-corrected chi connectivity index (χ4v) is 3.99. The third-order valence-corrected chi connectivity index (χ3v) is 6.00. The van der Waals surface area contributed by atoms with E-state index in [2.05, 4.69) is 5.32 Å². The van der Waals surface area contributed by atoms with Crippen molar-refractivity contribution in [3.05, 3.63) is 71.7 Å². The predicted molar refractivity (Wildman–Crippen MR) is 117 cm³/mol. The van der Waals surface area contributed by atoms with Gasteiger partial charge in [0.15, 0.2) is 5.76 Å². The maximum atomic E-state index is 12.5. The summed E-state index contributed by atoms with van der Waals surface area (Å²) >= 11 is 0. The van der Waals surface area contributed by atoms with Crippen molar-refractivity contribution >= 4 is 16.7 Å². The highest BCUT2D eigenvalue weighted by Crippen LogP contribution is 2.24. The lowest BCUT2D eigenvalue weighted by Gasteiger charge is -2.10. The second kappa shape index (κ2) is 10.7. The Morgan fingerprint density at radius 2 is 1.65 bits per heavy atom. The Labute approximate surface area is 183 Å². The van der Waals surface area contributed by atoms with Crippen LogP contribution in [-0.4, -0.2) is 38.0 Å². The molecule has 31 heavy (non-hydrogen) atoms. The second-order valence-corrected chi connectivity index (χ2v) is 8.07. The molecular weight excluding hydrogens is 418 g/mol. The van der Waals surface area contributed by atoms with E-state index in [4.69, 9.17) is 18.6 Å². The van der Waals surface area contributed by atoms with Crippen molar-refractivity contribution in [2.75, 3.05) is 27.9 Å². The molecule has 1 N–H and O–H groups in total. The molecular formula is C23H25NO6S. The molecule has 7 nitrogen and oxygen atoms in total. The zero-order chi connectivity index (χ0) is 22.2. The molecule has 0 fully saturated rings. The van der Waals surface area contributed by atoms with E-state index in [-0.39, 0.29) is 17.4 Å². The molecule has 1 aromatic heterocycles. The predicted octanol–water partition coefficient (Wildman–Crippen LogP) is 3.59. The molecule has 0 bridgehead atoms. The maximum Gasteiger partial charge on any atom is 0.287 e. The molecule has 164 valence electrons. The largest absolute Gasteiger partial charge is 0.497 e. The summed E-state index contributed by atoms with van der Waals surface area (Å²) in [6.07, 6.45) is 0.591. The van der Waals surface area contributed by atoms with Crippen LogP contribution in [0, 0.1) is 0 Å². The standard InChI is InChI=1S/C23H25NO6S/c1-27-17-6-9-20(10-7-17)31(26)15-19-8-11-21(30-19)23(25)24-13-12-16-4-5-18(28-2)14-22(16)29-3/h4-11,14H,12-13,15H2,1-3H3,(H,24,25)/t31-/m0/s1. The normalized spacial score (nSPS) is 11.6. The van der Waals surface area contributed by atoms with E-state index in [0.29, 0.717) is 40.9 Å². The zero-order valence-corrected chi connectivity index (χ0v) is 18.5. The summed E-state index contributed by atoms with van der Waals surface area (Å²) in [5.41, 5.74) is 0.957. The Morgan fingerprint density at radius 3 is 2.32 bits per heavy atom. The number of hydrogen-bond donors (Lipinski definition) is 1. The number of amides is 1. The summed E-state index contributed by atoms with van der Waals surface area (Å²) in [7, 11) is 3.48. The van der Waals surface area contributed by atoms with Crippen molar-refractivity contribution in [1.29, 1.82) is 0 Å². The second-order valence-electron chi connectivity index (χ2n) is 6.62. The molecule has 0 unspecified atom stereocenters. The molecule has 3 aromatic rings. The summed E-state index contributed by atoms with van der Waals surface area (Å²) in [6, 6.07) is 15.8. The van der Waals surface area contributed by atoms with Gasteiger partial charge in [0.05, 0.1) is 37.9 Å². The third kappa shape index (κ3) is 5.88. The van der Waals surface area contributed by atoms with Crippen LogP contribution in [0.25, 0.3) is 0 Å². The molecule has 1 heterocycles. The van der Waals surface area contributed by atoms with Crippen LogP contribution in [0.4, 0.5) is 0 Å². The van der Waals surface area contributed by atoms with E-state index in [9.17, 15) is 9.00 Å². The van der Waals surface area contributed by atoms with E-state index >= 15 is 0 Å². The van der Waals surface area contributed by atoms with Gasteiger partial charge >= 0.3 is 0 Å². The topological polar surface area (TPSA) is 87.0 Å². The number of rotatable bonds is 10. The summed E-state index contributed by atoms with van der Waals surface area (Å²) < 4.78 is 33.8. The first-order valence-electron chi connectivity index (χ1n) is 9.64. The summed E-state index contributed by atoms with van der Waals surface area (Å²) in [5.74, 6) is 2.64. The fourth-order valence-electron chi connectivity index (χ4n) is 2.97. The average molecular weight is 444 g/mol. The van der Waals surface area contributed by atoms with Crippen molar-refractivity contribution in [3.63, 3.8) is 0 Å². The lowest BCUT2D eigenvalue weighted by atomic mass is 10.1. The Morgan fingerprint density at radius 1 is 0.935 bits per heavy atom. The van der Waals surface area contributed by atoms with Gasteiger partial charge < -0.3 is 23.9 Å². The zero-order valence-electron chi connectivity index (χ0n) is 17.7. The molecule has 0 saturated heterocycles. The van der Waals surface area contributed by atoms with Gasteiger partial charge in [-0.3, -0.25) is 9.00 Å². The SMILES string of the molecule is COc1ccc([S@@](=O)Cc2ccc(C(=O)NCCc3ccc(OC)cc3OC)o2)cc1. The highest BCUT2D eigenvalue weighted by atomic mass is 32.2. The number of methoxy groups -OCH3 is 3. The first-order chi connectivity index (χ1) is 15.0. The molecule has 2 aromatic carbocycles. The number of furan rings is 1. The number of ether oxygens (including phenoxy) is 3. The molecule has 0 aliphatic carbocycles. The van der Waals surface area contributed by atoms with Crippen molar-refractivity contribution in [1.82, 2.24) is 5.32 Å². The minimum atomic E-state index is -1.29. The minimum absolute atomic E-state index is 0.183. The van der Waals surface area contributed by atoms with Gasteiger partial charge in [-0.25, -0.2) is 0 Å². The fraction of sp³-hybridized carbons (Fsp3) is 0.261. The van der Waals surface area contributed by atoms with Crippen molar-refractivity contribution in [3.8, 4) is 17.2 Å².